The van der Waals surface area contributed by atoms with Crippen LogP contribution in [-0.4, -0.2) is 25.5 Å². The summed E-state index contributed by atoms with van der Waals surface area (Å²) in [4.78, 5) is 22.5. The number of hydrogen-bond acceptors (Lipinski definition) is 3. The van der Waals surface area contributed by atoms with Gasteiger partial charge in [0.25, 0.3) is 0 Å². The molecular weight excluding hydrogens is 230 g/mol. The second kappa shape index (κ2) is 7.27. The van der Waals surface area contributed by atoms with E-state index in [1.165, 1.54) is 13.2 Å². The maximum Gasteiger partial charge on any atom is 0.337 e. The number of carbonyl (C=O) groups is 2. The fraction of sp³-hybridized carbons (Fsp3) is 0.286. The SMILES string of the molecule is CCCNC(=O)/C=C/c1ccc(C(=O)OC)cc1. The van der Waals surface area contributed by atoms with Gasteiger partial charge in [-0.05, 0) is 30.2 Å². The van der Waals surface area contributed by atoms with Crippen molar-refractivity contribution < 1.29 is 14.3 Å². The Bertz CT molecular complexity index is 435. The summed E-state index contributed by atoms with van der Waals surface area (Å²) in [5, 5.41) is 2.74. The first-order valence-electron chi connectivity index (χ1n) is 5.81. The minimum absolute atomic E-state index is 0.117. The van der Waals surface area contributed by atoms with Gasteiger partial charge in [-0.25, -0.2) is 4.79 Å². The van der Waals surface area contributed by atoms with Crippen LogP contribution in [0, 0.1) is 0 Å². The first-order valence-corrected chi connectivity index (χ1v) is 5.81. The van der Waals surface area contributed by atoms with Gasteiger partial charge in [-0.15, -0.1) is 0 Å². The monoisotopic (exact) mass is 247 g/mol. The van der Waals surface area contributed by atoms with Crippen LogP contribution < -0.4 is 5.32 Å². The van der Waals surface area contributed by atoms with Crippen molar-refractivity contribution in [3.8, 4) is 0 Å². The molecule has 0 bridgehead atoms. The molecule has 0 radical (unpaired) electrons. The van der Waals surface area contributed by atoms with E-state index in [1.807, 2.05) is 6.92 Å². The molecule has 0 saturated carbocycles. The third-order valence-electron chi connectivity index (χ3n) is 2.31. The number of nitrogens with one attached hydrogen (secondary N) is 1. The molecule has 0 atom stereocenters. The maximum absolute atomic E-state index is 11.3. The molecule has 4 heteroatoms. The number of rotatable bonds is 5. The third-order valence-corrected chi connectivity index (χ3v) is 2.31. The summed E-state index contributed by atoms with van der Waals surface area (Å²) in [5.41, 5.74) is 1.35. The predicted molar refractivity (Wildman–Crippen MR) is 70.1 cm³/mol. The third kappa shape index (κ3) is 4.41. The Morgan fingerprint density at radius 2 is 1.94 bits per heavy atom. The standard InChI is InChI=1S/C14H17NO3/c1-3-10-15-13(16)9-6-11-4-7-12(8-5-11)14(17)18-2/h4-9H,3,10H2,1-2H3,(H,15,16)/b9-6+. The number of carbonyl (C=O) groups excluding carboxylic acids is 2. The van der Waals surface area contributed by atoms with Crippen molar-refractivity contribution in [3.63, 3.8) is 0 Å². The van der Waals surface area contributed by atoms with E-state index < -0.39 is 0 Å². The van der Waals surface area contributed by atoms with Gasteiger partial charge in [0.2, 0.25) is 5.91 Å². The molecule has 0 fully saturated rings. The van der Waals surface area contributed by atoms with Gasteiger partial charge >= 0.3 is 5.97 Å². The number of benzene rings is 1. The van der Waals surface area contributed by atoms with Crippen LogP contribution in [0.15, 0.2) is 30.3 Å². The van der Waals surface area contributed by atoms with E-state index in [-0.39, 0.29) is 11.9 Å². The van der Waals surface area contributed by atoms with Crippen LogP contribution in [0.4, 0.5) is 0 Å². The van der Waals surface area contributed by atoms with Crippen molar-refractivity contribution in [3.05, 3.63) is 41.5 Å². The molecule has 1 N–H and O–H groups in total. The summed E-state index contributed by atoms with van der Waals surface area (Å²) in [7, 11) is 1.34. The van der Waals surface area contributed by atoms with Crippen LogP contribution >= 0.6 is 0 Å². The Morgan fingerprint density at radius 1 is 1.28 bits per heavy atom. The van der Waals surface area contributed by atoms with Gasteiger partial charge in [-0.3, -0.25) is 4.79 Å². The number of methoxy groups -OCH3 is 1. The summed E-state index contributed by atoms with van der Waals surface area (Å²) >= 11 is 0. The summed E-state index contributed by atoms with van der Waals surface area (Å²) in [6.07, 6.45) is 4.09. The first kappa shape index (κ1) is 14.0. The molecule has 96 valence electrons. The molecule has 18 heavy (non-hydrogen) atoms. The largest absolute Gasteiger partial charge is 0.465 e. The smallest absolute Gasteiger partial charge is 0.337 e. The van der Waals surface area contributed by atoms with Gasteiger partial charge in [0.15, 0.2) is 0 Å². The molecule has 0 unspecified atom stereocenters. The summed E-state index contributed by atoms with van der Waals surface area (Å²) in [6, 6.07) is 6.84. The van der Waals surface area contributed by atoms with Gasteiger partial charge in [0.05, 0.1) is 12.7 Å². The first-order chi connectivity index (χ1) is 8.67. The lowest BCUT2D eigenvalue weighted by Crippen LogP contribution is -2.21. The lowest BCUT2D eigenvalue weighted by Gasteiger charge is -2.00. The maximum atomic E-state index is 11.3. The van der Waals surface area contributed by atoms with Crippen molar-refractivity contribution >= 4 is 18.0 Å². The molecule has 1 rings (SSSR count). The quantitative estimate of drug-likeness (QED) is 0.639. The zero-order chi connectivity index (χ0) is 13.4. The van der Waals surface area contributed by atoms with E-state index in [0.717, 1.165) is 12.0 Å². The Labute approximate surface area is 107 Å². The van der Waals surface area contributed by atoms with Crippen molar-refractivity contribution in [1.29, 1.82) is 0 Å². The average Bonchev–Trinajstić information content (AvgIpc) is 2.42. The molecule has 0 aliphatic heterocycles. The fourth-order valence-corrected chi connectivity index (χ4v) is 1.33. The zero-order valence-corrected chi connectivity index (χ0v) is 10.6. The molecule has 0 spiro atoms. The second-order valence-corrected chi connectivity index (χ2v) is 3.74. The molecular formula is C14H17NO3. The van der Waals surface area contributed by atoms with Crippen LogP contribution in [0.2, 0.25) is 0 Å². The molecule has 0 saturated heterocycles. The Hall–Kier alpha value is -2.10. The molecule has 0 heterocycles. The van der Waals surface area contributed by atoms with Crippen molar-refractivity contribution in [2.24, 2.45) is 0 Å². The molecule has 1 aromatic carbocycles. The minimum Gasteiger partial charge on any atom is -0.465 e. The number of amides is 1. The molecule has 1 amide bonds. The van der Waals surface area contributed by atoms with E-state index >= 15 is 0 Å². The highest BCUT2D eigenvalue weighted by atomic mass is 16.5. The van der Waals surface area contributed by atoms with Crippen LogP contribution in [0.25, 0.3) is 6.08 Å². The second-order valence-electron chi connectivity index (χ2n) is 3.74. The summed E-state index contributed by atoms with van der Waals surface area (Å²) in [6.45, 7) is 2.67. The lowest BCUT2D eigenvalue weighted by atomic mass is 10.1. The highest BCUT2D eigenvalue weighted by molar-refractivity contribution is 5.92. The highest BCUT2D eigenvalue weighted by Gasteiger charge is 2.03. The van der Waals surface area contributed by atoms with Crippen LogP contribution in [0.3, 0.4) is 0 Å². The highest BCUT2D eigenvalue weighted by Crippen LogP contribution is 2.07. The Balaban J connectivity index is 2.60. The van der Waals surface area contributed by atoms with Crippen molar-refractivity contribution in [2.45, 2.75) is 13.3 Å². The predicted octanol–water partition coefficient (Wildman–Crippen LogP) is 2.01. The Kier molecular flexibility index (Phi) is 5.64. The van der Waals surface area contributed by atoms with Crippen molar-refractivity contribution in [1.82, 2.24) is 5.32 Å². The van der Waals surface area contributed by atoms with Crippen LogP contribution in [-0.2, 0) is 9.53 Å². The fourth-order valence-electron chi connectivity index (χ4n) is 1.33. The lowest BCUT2D eigenvalue weighted by molar-refractivity contribution is -0.116. The van der Waals surface area contributed by atoms with Crippen LogP contribution in [0.1, 0.15) is 29.3 Å². The molecule has 4 nitrogen and oxygen atoms in total. The molecule has 0 aromatic heterocycles. The Morgan fingerprint density at radius 3 is 2.50 bits per heavy atom. The van der Waals surface area contributed by atoms with E-state index in [2.05, 4.69) is 10.1 Å². The van der Waals surface area contributed by atoms with E-state index in [9.17, 15) is 9.59 Å². The summed E-state index contributed by atoms with van der Waals surface area (Å²) < 4.78 is 4.60. The molecule has 0 aliphatic carbocycles. The molecule has 0 aliphatic rings. The van der Waals surface area contributed by atoms with Gasteiger partial charge in [0, 0.05) is 12.6 Å². The summed E-state index contributed by atoms with van der Waals surface area (Å²) in [5.74, 6) is -0.486. The van der Waals surface area contributed by atoms with Gasteiger partial charge in [-0.2, -0.15) is 0 Å². The average molecular weight is 247 g/mol. The van der Waals surface area contributed by atoms with Gasteiger partial charge in [0.1, 0.15) is 0 Å². The van der Waals surface area contributed by atoms with Gasteiger partial charge in [-0.1, -0.05) is 19.1 Å². The minimum atomic E-state index is -0.369. The zero-order valence-electron chi connectivity index (χ0n) is 10.6. The molecule has 1 aromatic rings. The number of ether oxygens (including phenoxy) is 1. The van der Waals surface area contributed by atoms with E-state index in [1.54, 1.807) is 30.3 Å². The number of hydrogen-bond donors (Lipinski definition) is 1. The van der Waals surface area contributed by atoms with E-state index in [4.69, 9.17) is 0 Å². The van der Waals surface area contributed by atoms with Crippen molar-refractivity contribution in [2.75, 3.05) is 13.7 Å². The topological polar surface area (TPSA) is 55.4 Å². The van der Waals surface area contributed by atoms with E-state index in [0.29, 0.717) is 12.1 Å². The normalized spacial score (nSPS) is 10.3. The number of esters is 1. The van der Waals surface area contributed by atoms with Crippen LogP contribution in [0.5, 0.6) is 0 Å². The van der Waals surface area contributed by atoms with Gasteiger partial charge < -0.3 is 10.1 Å².